The molecule has 9 amide bonds. The minimum absolute atomic E-state index is 0.0223. The molecule has 10 N–H and O–H groups in total. The average molecular weight is 660 g/mol. The number of benzene rings is 1. The fourth-order valence-corrected chi connectivity index (χ4v) is 4.28. The van der Waals surface area contributed by atoms with Crippen LogP contribution in [0.4, 0.5) is 0 Å². The Balaban J connectivity index is 2.33. The van der Waals surface area contributed by atoms with E-state index >= 15 is 0 Å². The van der Waals surface area contributed by atoms with Gasteiger partial charge in [-0.2, -0.15) is 0 Å². The van der Waals surface area contributed by atoms with Crippen molar-refractivity contribution in [2.75, 3.05) is 26.2 Å². The Labute approximate surface area is 270 Å². The maximum atomic E-state index is 13.2. The number of carbonyl (C=O) groups excluding carboxylic acids is 9. The van der Waals surface area contributed by atoms with Crippen LogP contribution in [0.5, 0.6) is 0 Å². The summed E-state index contributed by atoms with van der Waals surface area (Å²) in [5.74, 6) is -6.46. The highest BCUT2D eigenvalue weighted by atomic mass is 16.2. The highest BCUT2D eigenvalue weighted by molar-refractivity contribution is 5.96. The van der Waals surface area contributed by atoms with Crippen LogP contribution in [0.25, 0.3) is 0 Å². The van der Waals surface area contributed by atoms with E-state index in [0.717, 1.165) is 0 Å². The topological polar surface area (TPSA) is 276 Å². The van der Waals surface area contributed by atoms with Crippen molar-refractivity contribution in [1.82, 2.24) is 42.5 Å². The van der Waals surface area contributed by atoms with Gasteiger partial charge >= 0.3 is 0 Å². The molecule has 18 heteroatoms. The lowest BCUT2D eigenvalue weighted by molar-refractivity contribution is -0.134. The smallest absolute Gasteiger partial charge is 0.243 e. The Hall–Kier alpha value is -5.55. The monoisotopic (exact) mass is 659 g/mol. The lowest BCUT2D eigenvalue weighted by Crippen LogP contribution is -2.57. The van der Waals surface area contributed by atoms with Gasteiger partial charge in [-0.25, -0.2) is 0 Å². The maximum Gasteiger partial charge on any atom is 0.243 e. The second kappa shape index (κ2) is 19.1. The number of rotatable bonds is 8. The molecule has 0 radical (unpaired) electrons. The maximum absolute atomic E-state index is 13.2. The van der Waals surface area contributed by atoms with Gasteiger partial charge in [0.2, 0.25) is 53.2 Å². The third-order valence-electron chi connectivity index (χ3n) is 6.74. The SMILES string of the molecule is CC(=O)NCC(=O)N[C@H]1CCC(=O)NCC[C@@H](C(=O)NCC(N)=O)NC(=O)CNC(=O)[C@@H](Cc2ccccc2)NC(=O)[C@H](C)NC1=O. The van der Waals surface area contributed by atoms with E-state index in [9.17, 15) is 43.2 Å². The average Bonchev–Trinajstić information content (AvgIpc) is 3.02. The van der Waals surface area contributed by atoms with E-state index in [-0.39, 0.29) is 32.2 Å². The summed E-state index contributed by atoms with van der Waals surface area (Å²) in [7, 11) is 0. The zero-order chi connectivity index (χ0) is 34.9. The zero-order valence-corrected chi connectivity index (χ0v) is 26.1. The molecule has 1 aromatic carbocycles. The molecule has 18 nitrogen and oxygen atoms in total. The number of nitrogens with one attached hydrogen (secondary N) is 8. The van der Waals surface area contributed by atoms with E-state index in [2.05, 4.69) is 42.5 Å². The van der Waals surface area contributed by atoms with Gasteiger partial charge < -0.3 is 48.3 Å². The fourth-order valence-electron chi connectivity index (χ4n) is 4.28. The summed E-state index contributed by atoms with van der Waals surface area (Å²) < 4.78 is 0. The van der Waals surface area contributed by atoms with Gasteiger partial charge in [0.05, 0.1) is 19.6 Å². The van der Waals surface area contributed by atoms with E-state index in [4.69, 9.17) is 5.73 Å². The van der Waals surface area contributed by atoms with Gasteiger partial charge in [0.1, 0.15) is 24.2 Å². The molecule has 0 aliphatic carbocycles. The standard InChI is InChI=1S/C29H41N9O9/c1-16-26(44)38-21(12-18-6-4-3-5-7-18)28(46)34-15-25(43)37-20(27(45)33-13-22(30)40)10-11-31-23(41)9-8-19(29(47)35-16)36-24(42)14-32-17(2)39/h3-7,16,19-21H,8-15H2,1-2H3,(H2,30,40)(H,31,41)(H,32,39)(H,33,45)(H,34,46)(H,35,47)(H,36,42)(H,37,43)(H,38,44)/t16-,19-,20-,21+/m0/s1. The third kappa shape index (κ3) is 14.4. The van der Waals surface area contributed by atoms with Crippen LogP contribution in [0.15, 0.2) is 30.3 Å². The first-order valence-corrected chi connectivity index (χ1v) is 14.8. The summed E-state index contributed by atoms with van der Waals surface area (Å²) in [5, 5.41) is 19.4. The summed E-state index contributed by atoms with van der Waals surface area (Å²) in [4.78, 5) is 112. The number of nitrogens with two attached hydrogens (primary N) is 1. The molecule has 1 aliphatic heterocycles. The molecule has 256 valence electrons. The van der Waals surface area contributed by atoms with Crippen molar-refractivity contribution in [2.45, 2.75) is 63.7 Å². The van der Waals surface area contributed by atoms with Gasteiger partial charge in [-0.1, -0.05) is 30.3 Å². The lowest BCUT2D eigenvalue weighted by Gasteiger charge is -2.23. The largest absolute Gasteiger partial charge is 0.368 e. The van der Waals surface area contributed by atoms with Crippen molar-refractivity contribution in [3.05, 3.63) is 35.9 Å². The molecule has 0 bridgehead atoms. The van der Waals surface area contributed by atoms with E-state index in [0.29, 0.717) is 5.56 Å². The summed E-state index contributed by atoms with van der Waals surface area (Å²) in [6.45, 7) is 0.893. The molecular formula is C29H41N9O9. The molecule has 0 unspecified atom stereocenters. The third-order valence-corrected chi connectivity index (χ3v) is 6.74. The molecule has 4 atom stereocenters. The Morgan fingerprint density at radius 2 is 1.53 bits per heavy atom. The van der Waals surface area contributed by atoms with Crippen LogP contribution in [-0.4, -0.2) is 104 Å². The van der Waals surface area contributed by atoms with E-state index in [1.54, 1.807) is 30.3 Å². The lowest BCUT2D eigenvalue weighted by atomic mass is 10.0. The van der Waals surface area contributed by atoms with E-state index in [1.807, 2.05) is 0 Å². The van der Waals surface area contributed by atoms with Crippen molar-refractivity contribution in [2.24, 2.45) is 5.73 Å². The number of primary amides is 1. The molecule has 47 heavy (non-hydrogen) atoms. The molecule has 2 rings (SSSR count). The number of carbonyl (C=O) groups is 9. The van der Waals surface area contributed by atoms with Crippen LogP contribution >= 0.6 is 0 Å². The van der Waals surface area contributed by atoms with Gasteiger partial charge in [0.15, 0.2) is 0 Å². The van der Waals surface area contributed by atoms with Crippen molar-refractivity contribution < 1.29 is 43.2 Å². The van der Waals surface area contributed by atoms with Crippen molar-refractivity contribution in [3.8, 4) is 0 Å². The molecule has 0 saturated carbocycles. The Kier molecular flexibility index (Phi) is 15.3. The molecular weight excluding hydrogens is 618 g/mol. The van der Waals surface area contributed by atoms with Crippen LogP contribution < -0.4 is 48.3 Å². The van der Waals surface area contributed by atoms with Crippen molar-refractivity contribution in [3.63, 3.8) is 0 Å². The van der Waals surface area contributed by atoms with Crippen LogP contribution in [0.1, 0.15) is 38.7 Å². The Morgan fingerprint density at radius 1 is 0.830 bits per heavy atom. The normalized spacial score (nSPS) is 21.9. The molecule has 1 fully saturated rings. The van der Waals surface area contributed by atoms with Gasteiger partial charge in [-0.3, -0.25) is 43.2 Å². The molecule has 1 aromatic rings. The van der Waals surface area contributed by atoms with Crippen molar-refractivity contribution in [1.29, 1.82) is 0 Å². The quantitative estimate of drug-likeness (QED) is 0.130. The van der Waals surface area contributed by atoms with E-state index in [1.165, 1.54) is 13.8 Å². The Bertz CT molecular complexity index is 1340. The summed E-state index contributed by atoms with van der Waals surface area (Å²) in [5.41, 5.74) is 5.76. The minimum atomic E-state index is -1.30. The molecule has 1 heterocycles. The van der Waals surface area contributed by atoms with Gasteiger partial charge in [0, 0.05) is 26.3 Å². The van der Waals surface area contributed by atoms with Crippen LogP contribution in [0.3, 0.4) is 0 Å². The summed E-state index contributed by atoms with van der Waals surface area (Å²) >= 11 is 0. The van der Waals surface area contributed by atoms with Crippen LogP contribution in [-0.2, 0) is 49.6 Å². The minimum Gasteiger partial charge on any atom is -0.368 e. The first-order valence-electron chi connectivity index (χ1n) is 14.8. The first kappa shape index (κ1) is 37.6. The second-order valence-corrected chi connectivity index (χ2v) is 10.7. The Morgan fingerprint density at radius 3 is 2.19 bits per heavy atom. The molecule has 0 aromatic heterocycles. The van der Waals surface area contributed by atoms with E-state index < -0.39 is 97.0 Å². The highest BCUT2D eigenvalue weighted by Crippen LogP contribution is 2.05. The number of hydrogen-bond donors (Lipinski definition) is 9. The van der Waals surface area contributed by atoms with Gasteiger partial charge in [-0.15, -0.1) is 0 Å². The molecule has 0 spiro atoms. The van der Waals surface area contributed by atoms with Crippen molar-refractivity contribution >= 4 is 53.2 Å². The number of hydrogen-bond acceptors (Lipinski definition) is 9. The second-order valence-electron chi connectivity index (χ2n) is 10.7. The van der Waals surface area contributed by atoms with Gasteiger partial charge in [0.25, 0.3) is 0 Å². The highest BCUT2D eigenvalue weighted by Gasteiger charge is 2.29. The fraction of sp³-hybridized carbons (Fsp3) is 0.483. The summed E-state index contributed by atoms with van der Waals surface area (Å²) in [6, 6.07) is 3.75. The zero-order valence-electron chi connectivity index (χ0n) is 26.1. The number of amides is 9. The van der Waals surface area contributed by atoms with Crippen LogP contribution in [0, 0.1) is 0 Å². The predicted molar refractivity (Wildman–Crippen MR) is 164 cm³/mol. The predicted octanol–water partition coefficient (Wildman–Crippen LogP) is -4.66. The van der Waals surface area contributed by atoms with Crippen LogP contribution in [0.2, 0.25) is 0 Å². The summed E-state index contributed by atoms with van der Waals surface area (Å²) in [6.07, 6.45) is -0.594. The van der Waals surface area contributed by atoms with Gasteiger partial charge in [-0.05, 0) is 25.3 Å². The molecule has 1 aliphatic rings. The molecule has 1 saturated heterocycles. The first-order chi connectivity index (χ1) is 22.2.